The molecule has 106 valence electrons. The number of carbonyl (C=O) groups is 1. The van der Waals surface area contributed by atoms with Gasteiger partial charge in [0.15, 0.2) is 0 Å². The molecule has 0 aliphatic rings. The van der Waals surface area contributed by atoms with Crippen LogP contribution in [0.1, 0.15) is 41.5 Å². The summed E-state index contributed by atoms with van der Waals surface area (Å²) in [6.07, 6.45) is 1.73. The summed E-state index contributed by atoms with van der Waals surface area (Å²) in [7, 11) is 0. The minimum atomic E-state index is -0.0512. The van der Waals surface area contributed by atoms with Gasteiger partial charge in [0.05, 0.1) is 11.7 Å². The van der Waals surface area contributed by atoms with Crippen LogP contribution < -0.4 is 10.6 Å². The standard InChI is InChI=1S/C15H20N4O/c1-4-16-15(20)12-6-5-10(2)14(9-12)18-11(3)13-7-8-17-19-13/h5-9,11,18H,4H2,1-3H3,(H,16,20)(H,17,19). The van der Waals surface area contributed by atoms with Crippen molar-refractivity contribution in [3.8, 4) is 0 Å². The molecule has 20 heavy (non-hydrogen) atoms. The number of aryl methyl sites for hydroxylation is 1. The molecule has 0 spiro atoms. The Morgan fingerprint density at radius 1 is 1.40 bits per heavy atom. The van der Waals surface area contributed by atoms with Gasteiger partial charge >= 0.3 is 0 Å². The number of aromatic amines is 1. The Morgan fingerprint density at radius 2 is 2.20 bits per heavy atom. The minimum absolute atomic E-state index is 0.0512. The molecule has 1 aromatic heterocycles. The molecule has 0 fully saturated rings. The maximum Gasteiger partial charge on any atom is 0.251 e. The molecular weight excluding hydrogens is 252 g/mol. The zero-order valence-electron chi connectivity index (χ0n) is 12.0. The van der Waals surface area contributed by atoms with Crippen LogP contribution in [0.5, 0.6) is 0 Å². The van der Waals surface area contributed by atoms with E-state index in [0.29, 0.717) is 12.1 Å². The second-order valence-corrected chi connectivity index (χ2v) is 4.77. The summed E-state index contributed by atoms with van der Waals surface area (Å²) < 4.78 is 0. The highest BCUT2D eigenvalue weighted by Gasteiger charge is 2.11. The number of hydrogen-bond acceptors (Lipinski definition) is 3. The smallest absolute Gasteiger partial charge is 0.251 e. The molecule has 1 unspecified atom stereocenters. The van der Waals surface area contributed by atoms with E-state index in [1.807, 2.05) is 45.0 Å². The van der Waals surface area contributed by atoms with E-state index in [0.717, 1.165) is 16.9 Å². The summed E-state index contributed by atoms with van der Waals surface area (Å²) in [5.41, 5.74) is 3.73. The first-order valence-corrected chi connectivity index (χ1v) is 6.76. The van der Waals surface area contributed by atoms with Crippen LogP contribution in [0.25, 0.3) is 0 Å². The van der Waals surface area contributed by atoms with Gasteiger partial charge in [-0.1, -0.05) is 6.07 Å². The average molecular weight is 272 g/mol. The summed E-state index contributed by atoms with van der Waals surface area (Å²) in [4.78, 5) is 11.9. The fourth-order valence-electron chi connectivity index (χ4n) is 2.00. The number of nitrogens with one attached hydrogen (secondary N) is 3. The fourth-order valence-corrected chi connectivity index (χ4v) is 2.00. The molecule has 0 saturated carbocycles. The number of anilines is 1. The Bertz CT molecular complexity index is 578. The van der Waals surface area contributed by atoms with Gasteiger partial charge in [0.25, 0.3) is 5.91 Å². The van der Waals surface area contributed by atoms with Gasteiger partial charge < -0.3 is 10.6 Å². The van der Waals surface area contributed by atoms with Crippen molar-refractivity contribution in [3.63, 3.8) is 0 Å². The van der Waals surface area contributed by atoms with Crippen LogP contribution in [0, 0.1) is 6.92 Å². The molecule has 2 aromatic rings. The van der Waals surface area contributed by atoms with Gasteiger partial charge in [-0.05, 0) is 44.5 Å². The SMILES string of the molecule is CCNC(=O)c1ccc(C)c(NC(C)c2ccn[nH]2)c1. The monoisotopic (exact) mass is 272 g/mol. The fraction of sp³-hybridized carbons (Fsp3) is 0.333. The second kappa shape index (κ2) is 6.23. The third kappa shape index (κ3) is 3.17. The highest BCUT2D eigenvalue weighted by molar-refractivity contribution is 5.95. The van der Waals surface area contributed by atoms with E-state index in [-0.39, 0.29) is 11.9 Å². The Labute approximate surface area is 118 Å². The molecule has 0 aliphatic carbocycles. The second-order valence-electron chi connectivity index (χ2n) is 4.77. The Morgan fingerprint density at radius 3 is 2.85 bits per heavy atom. The number of H-pyrrole nitrogens is 1. The zero-order valence-corrected chi connectivity index (χ0v) is 12.0. The summed E-state index contributed by atoms with van der Waals surface area (Å²) in [6.45, 7) is 6.60. The predicted octanol–water partition coefficient (Wildman–Crippen LogP) is 2.64. The molecular formula is C15H20N4O. The first-order chi connectivity index (χ1) is 9.61. The largest absolute Gasteiger partial charge is 0.377 e. The third-order valence-corrected chi connectivity index (χ3v) is 3.20. The number of carbonyl (C=O) groups excluding carboxylic acids is 1. The van der Waals surface area contributed by atoms with Crippen molar-refractivity contribution in [2.75, 3.05) is 11.9 Å². The molecule has 5 nitrogen and oxygen atoms in total. The van der Waals surface area contributed by atoms with Crippen molar-refractivity contribution in [1.82, 2.24) is 15.5 Å². The van der Waals surface area contributed by atoms with Gasteiger partial charge in [-0.3, -0.25) is 9.89 Å². The van der Waals surface area contributed by atoms with Crippen LogP contribution in [-0.2, 0) is 0 Å². The summed E-state index contributed by atoms with van der Waals surface area (Å²) in [5, 5.41) is 13.1. The van der Waals surface area contributed by atoms with Crippen LogP contribution >= 0.6 is 0 Å². The number of rotatable bonds is 5. The molecule has 0 bridgehead atoms. The maximum absolute atomic E-state index is 11.9. The van der Waals surface area contributed by atoms with E-state index in [1.165, 1.54) is 0 Å². The molecule has 2 rings (SSSR count). The maximum atomic E-state index is 11.9. The lowest BCUT2D eigenvalue weighted by Crippen LogP contribution is -2.22. The van der Waals surface area contributed by atoms with Crippen molar-refractivity contribution in [2.24, 2.45) is 0 Å². The van der Waals surface area contributed by atoms with Crippen molar-refractivity contribution in [2.45, 2.75) is 26.8 Å². The lowest BCUT2D eigenvalue weighted by molar-refractivity contribution is 0.0956. The predicted molar refractivity (Wildman–Crippen MR) is 79.8 cm³/mol. The van der Waals surface area contributed by atoms with Gasteiger partial charge in [0.2, 0.25) is 0 Å². The van der Waals surface area contributed by atoms with Gasteiger partial charge in [0.1, 0.15) is 0 Å². The van der Waals surface area contributed by atoms with Crippen LogP contribution in [0.4, 0.5) is 5.69 Å². The highest BCUT2D eigenvalue weighted by atomic mass is 16.1. The Balaban J connectivity index is 2.18. The molecule has 0 saturated heterocycles. The lowest BCUT2D eigenvalue weighted by Gasteiger charge is -2.16. The van der Waals surface area contributed by atoms with Crippen molar-refractivity contribution in [1.29, 1.82) is 0 Å². The molecule has 1 aromatic carbocycles. The number of nitrogens with zero attached hydrogens (tertiary/aromatic N) is 1. The average Bonchev–Trinajstić information content (AvgIpc) is 2.95. The Hall–Kier alpha value is -2.30. The quantitative estimate of drug-likeness (QED) is 0.783. The van der Waals surface area contributed by atoms with Gasteiger partial charge in [0, 0.05) is 24.0 Å². The van der Waals surface area contributed by atoms with Gasteiger partial charge in [-0.25, -0.2) is 0 Å². The number of aromatic nitrogens is 2. The van der Waals surface area contributed by atoms with E-state index in [2.05, 4.69) is 20.8 Å². The van der Waals surface area contributed by atoms with Crippen molar-refractivity contribution < 1.29 is 4.79 Å². The van der Waals surface area contributed by atoms with E-state index in [1.54, 1.807) is 6.20 Å². The molecule has 1 atom stereocenters. The molecule has 5 heteroatoms. The summed E-state index contributed by atoms with van der Waals surface area (Å²) >= 11 is 0. The van der Waals surface area contributed by atoms with E-state index >= 15 is 0 Å². The summed E-state index contributed by atoms with van der Waals surface area (Å²) in [6, 6.07) is 7.70. The lowest BCUT2D eigenvalue weighted by atomic mass is 10.1. The van der Waals surface area contributed by atoms with Crippen molar-refractivity contribution >= 4 is 11.6 Å². The van der Waals surface area contributed by atoms with Gasteiger partial charge in [-0.2, -0.15) is 5.10 Å². The molecule has 1 amide bonds. The van der Waals surface area contributed by atoms with E-state index in [4.69, 9.17) is 0 Å². The van der Waals surface area contributed by atoms with Gasteiger partial charge in [-0.15, -0.1) is 0 Å². The summed E-state index contributed by atoms with van der Waals surface area (Å²) in [5.74, 6) is -0.0512. The first kappa shape index (κ1) is 14.1. The molecule has 3 N–H and O–H groups in total. The first-order valence-electron chi connectivity index (χ1n) is 6.76. The van der Waals surface area contributed by atoms with Crippen LogP contribution in [0.15, 0.2) is 30.5 Å². The molecule has 0 radical (unpaired) electrons. The van der Waals surface area contributed by atoms with E-state index in [9.17, 15) is 4.79 Å². The number of benzene rings is 1. The topological polar surface area (TPSA) is 69.8 Å². The number of hydrogen-bond donors (Lipinski definition) is 3. The third-order valence-electron chi connectivity index (χ3n) is 3.20. The number of amides is 1. The van der Waals surface area contributed by atoms with Crippen LogP contribution in [0.2, 0.25) is 0 Å². The Kier molecular flexibility index (Phi) is 4.40. The van der Waals surface area contributed by atoms with Crippen LogP contribution in [0.3, 0.4) is 0 Å². The molecule has 0 aliphatic heterocycles. The highest BCUT2D eigenvalue weighted by Crippen LogP contribution is 2.22. The minimum Gasteiger partial charge on any atom is -0.377 e. The molecule has 1 heterocycles. The van der Waals surface area contributed by atoms with Crippen molar-refractivity contribution in [3.05, 3.63) is 47.3 Å². The normalized spacial score (nSPS) is 11.9. The van der Waals surface area contributed by atoms with E-state index < -0.39 is 0 Å². The van der Waals surface area contributed by atoms with Crippen LogP contribution in [-0.4, -0.2) is 22.6 Å². The zero-order chi connectivity index (χ0) is 14.5.